The summed E-state index contributed by atoms with van der Waals surface area (Å²) >= 11 is 0. The van der Waals surface area contributed by atoms with E-state index < -0.39 is 22.3 Å². The number of aryl methyl sites for hydroxylation is 1. The Bertz CT molecular complexity index is 653. The molecular formula is C11H8FN3O4. The second-order valence-electron chi connectivity index (χ2n) is 3.70. The first-order valence-electron chi connectivity index (χ1n) is 5.16. The second kappa shape index (κ2) is 4.84. The molecule has 7 nitrogen and oxygen atoms in total. The molecule has 0 fully saturated rings. The Morgan fingerprint density at radius 1 is 1.47 bits per heavy atom. The molecule has 1 amide bonds. The molecule has 1 aromatic carbocycles. The Hall–Kier alpha value is -2.77. The van der Waals surface area contributed by atoms with E-state index in [-0.39, 0.29) is 11.4 Å². The van der Waals surface area contributed by atoms with Gasteiger partial charge in [0.25, 0.3) is 5.91 Å². The number of halogens is 1. The maximum Gasteiger partial charge on any atom is 0.305 e. The lowest BCUT2D eigenvalue weighted by molar-refractivity contribution is -0.387. The van der Waals surface area contributed by atoms with Crippen LogP contribution >= 0.6 is 0 Å². The number of nitrogens with zero attached hydrogens (tertiary/aromatic N) is 2. The fourth-order valence-electron chi connectivity index (χ4n) is 1.41. The highest BCUT2D eigenvalue weighted by molar-refractivity contribution is 6.04. The standard InChI is InChI=1S/C11H8FN3O4/c1-6-4-10(14-19-6)13-11(16)7-2-3-8(12)9(5-7)15(17)18/h2-5H,1H3,(H,13,14,16). The van der Waals surface area contributed by atoms with Crippen LogP contribution < -0.4 is 5.32 Å². The number of hydrogen-bond acceptors (Lipinski definition) is 5. The molecule has 0 aliphatic rings. The van der Waals surface area contributed by atoms with Gasteiger partial charge in [0.1, 0.15) is 5.76 Å². The van der Waals surface area contributed by atoms with Crippen molar-refractivity contribution < 1.29 is 18.6 Å². The molecule has 2 rings (SSSR count). The summed E-state index contributed by atoms with van der Waals surface area (Å²) in [5.74, 6) is -0.968. The average molecular weight is 265 g/mol. The summed E-state index contributed by atoms with van der Waals surface area (Å²) in [5.41, 5.74) is -0.808. The first kappa shape index (κ1) is 12.7. The van der Waals surface area contributed by atoms with Crippen LogP contribution in [0.4, 0.5) is 15.9 Å². The number of carbonyl (C=O) groups is 1. The van der Waals surface area contributed by atoms with Crippen molar-refractivity contribution >= 4 is 17.4 Å². The van der Waals surface area contributed by atoms with Crippen LogP contribution in [0.15, 0.2) is 28.8 Å². The summed E-state index contributed by atoms with van der Waals surface area (Å²) in [6.45, 7) is 1.64. The molecular weight excluding hydrogens is 257 g/mol. The van der Waals surface area contributed by atoms with E-state index in [1.807, 2.05) is 0 Å². The first-order chi connectivity index (χ1) is 8.97. The van der Waals surface area contributed by atoms with Crippen LogP contribution in [-0.4, -0.2) is 16.0 Å². The number of carbonyl (C=O) groups excluding carboxylic acids is 1. The molecule has 1 heterocycles. The number of nitro groups is 1. The van der Waals surface area contributed by atoms with Crippen LogP contribution in [-0.2, 0) is 0 Å². The van der Waals surface area contributed by atoms with Gasteiger partial charge in [0.2, 0.25) is 5.82 Å². The van der Waals surface area contributed by atoms with Gasteiger partial charge >= 0.3 is 5.69 Å². The van der Waals surface area contributed by atoms with E-state index in [2.05, 4.69) is 10.5 Å². The largest absolute Gasteiger partial charge is 0.360 e. The van der Waals surface area contributed by atoms with E-state index in [0.29, 0.717) is 5.76 Å². The minimum Gasteiger partial charge on any atom is -0.360 e. The monoisotopic (exact) mass is 265 g/mol. The summed E-state index contributed by atoms with van der Waals surface area (Å²) < 4.78 is 17.9. The molecule has 0 atom stereocenters. The van der Waals surface area contributed by atoms with E-state index in [1.54, 1.807) is 6.92 Å². The minimum absolute atomic E-state index is 0.0475. The molecule has 0 aliphatic carbocycles. The predicted octanol–water partition coefficient (Wildman–Crippen LogP) is 2.28. The highest BCUT2D eigenvalue weighted by atomic mass is 19.1. The Labute approximate surface area is 106 Å². The van der Waals surface area contributed by atoms with Crippen molar-refractivity contribution in [1.29, 1.82) is 0 Å². The zero-order valence-electron chi connectivity index (χ0n) is 9.71. The number of hydrogen-bond donors (Lipinski definition) is 1. The van der Waals surface area contributed by atoms with Crippen molar-refractivity contribution in [2.75, 3.05) is 5.32 Å². The number of aromatic nitrogens is 1. The summed E-state index contributed by atoms with van der Waals surface area (Å²) in [6.07, 6.45) is 0. The zero-order valence-corrected chi connectivity index (χ0v) is 9.71. The van der Waals surface area contributed by atoms with Crippen molar-refractivity contribution in [2.24, 2.45) is 0 Å². The van der Waals surface area contributed by atoms with Crippen LogP contribution in [0.5, 0.6) is 0 Å². The Morgan fingerprint density at radius 2 is 2.21 bits per heavy atom. The van der Waals surface area contributed by atoms with Gasteiger partial charge in [-0.15, -0.1) is 0 Å². The Kier molecular flexibility index (Phi) is 3.23. The third-order valence-corrected chi connectivity index (χ3v) is 2.27. The smallest absolute Gasteiger partial charge is 0.305 e. The third kappa shape index (κ3) is 2.73. The fourth-order valence-corrected chi connectivity index (χ4v) is 1.41. The van der Waals surface area contributed by atoms with Crippen molar-refractivity contribution in [3.05, 3.63) is 51.5 Å². The molecule has 2 aromatic rings. The molecule has 0 saturated heterocycles. The van der Waals surface area contributed by atoms with E-state index in [1.165, 1.54) is 6.07 Å². The number of nitrogens with one attached hydrogen (secondary N) is 1. The van der Waals surface area contributed by atoms with Gasteiger partial charge in [-0.25, -0.2) is 0 Å². The summed E-state index contributed by atoms with van der Waals surface area (Å²) in [7, 11) is 0. The van der Waals surface area contributed by atoms with Crippen LogP contribution in [0.2, 0.25) is 0 Å². The normalized spacial score (nSPS) is 10.2. The first-order valence-corrected chi connectivity index (χ1v) is 5.16. The Morgan fingerprint density at radius 3 is 2.79 bits per heavy atom. The molecule has 98 valence electrons. The van der Waals surface area contributed by atoms with E-state index in [9.17, 15) is 19.3 Å². The van der Waals surface area contributed by atoms with Gasteiger partial charge in [-0.1, -0.05) is 5.16 Å². The highest BCUT2D eigenvalue weighted by Crippen LogP contribution is 2.19. The maximum atomic E-state index is 13.1. The summed E-state index contributed by atoms with van der Waals surface area (Å²) in [6, 6.07) is 4.35. The molecule has 1 N–H and O–H groups in total. The van der Waals surface area contributed by atoms with E-state index in [0.717, 1.165) is 18.2 Å². The van der Waals surface area contributed by atoms with Crippen molar-refractivity contribution in [3.8, 4) is 0 Å². The molecule has 19 heavy (non-hydrogen) atoms. The molecule has 0 aliphatic heterocycles. The number of rotatable bonds is 3. The van der Waals surface area contributed by atoms with E-state index >= 15 is 0 Å². The zero-order chi connectivity index (χ0) is 14.0. The number of anilines is 1. The lowest BCUT2D eigenvalue weighted by Gasteiger charge is -2.01. The quantitative estimate of drug-likeness (QED) is 0.678. The van der Waals surface area contributed by atoms with Gasteiger partial charge in [-0.05, 0) is 19.1 Å². The summed E-state index contributed by atoms with van der Waals surface area (Å²) in [4.78, 5) is 21.4. The lowest BCUT2D eigenvalue weighted by atomic mass is 10.2. The number of amides is 1. The van der Waals surface area contributed by atoms with Gasteiger partial charge in [-0.3, -0.25) is 14.9 Å². The molecule has 0 radical (unpaired) electrons. The minimum atomic E-state index is -1.00. The van der Waals surface area contributed by atoms with Gasteiger partial charge < -0.3 is 9.84 Å². The van der Waals surface area contributed by atoms with Gasteiger partial charge in [-0.2, -0.15) is 4.39 Å². The van der Waals surface area contributed by atoms with Gasteiger partial charge in [0.15, 0.2) is 5.82 Å². The molecule has 8 heteroatoms. The predicted molar refractivity (Wildman–Crippen MR) is 62.2 cm³/mol. The van der Waals surface area contributed by atoms with Crippen molar-refractivity contribution in [2.45, 2.75) is 6.92 Å². The SMILES string of the molecule is Cc1cc(NC(=O)c2ccc(F)c([N+](=O)[O-])c2)no1. The Balaban J connectivity index is 2.24. The van der Waals surface area contributed by atoms with Crippen LogP contribution in [0, 0.1) is 22.9 Å². The molecule has 0 saturated carbocycles. The van der Waals surface area contributed by atoms with Gasteiger partial charge in [0.05, 0.1) is 4.92 Å². The van der Waals surface area contributed by atoms with Crippen molar-refractivity contribution in [3.63, 3.8) is 0 Å². The number of nitro benzene ring substituents is 1. The molecule has 0 spiro atoms. The summed E-state index contributed by atoms with van der Waals surface area (Å²) in [5, 5.41) is 16.5. The van der Waals surface area contributed by atoms with Crippen LogP contribution in [0.3, 0.4) is 0 Å². The second-order valence-corrected chi connectivity index (χ2v) is 3.70. The van der Waals surface area contributed by atoms with E-state index in [4.69, 9.17) is 4.52 Å². The molecule has 0 unspecified atom stereocenters. The molecule has 1 aromatic heterocycles. The fraction of sp³-hybridized carbons (Fsp3) is 0.0909. The maximum absolute atomic E-state index is 13.1. The lowest BCUT2D eigenvalue weighted by Crippen LogP contribution is -2.12. The van der Waals surface area contributed by atoms with Crippen LogP contribution in [0.25, 0.3) is 0 Å². The number of benzene rings is 1. The molecule has 0 bridgehead atoms. The van der Waals surface area contributed by atoms with Crippen molar-refractivity contribution in [1.82, 2.24) is 5.16 Å². The highest BCUT2D eigenvalue weighted by Gasteiger charge is 2.18. The topological polar surface area (TPSA) is 98.3 Å². The van der Waals surface area contributed by atoms with Crippen LogP contribution in [0.1, 0.15) is 16.1 Å². The third-order valence-electron chi connectivity index (χ3n) is 2.27. The average Bonchev–Trinajstić information content (AvgIpc) is 2.74. The van der Waals surface area contributed by atoms with Gasteiger partial charge in [0, 0.05) is 17.7 Å².